The van der Waals surface area contributed by atoms with Crippen molar-refractivity contribution < 1.29 is 0 Å². The van der Waals surface area contributed by atoms with E-state index in [9.17, 15) is 0 Å². The number of anilines is 1. The van der Waals surface area contributed by atoms with Gasteiger partial charge >= 0.3 is 0 Å². The maximum absolute atomic E-state index is 4.43. The van der Waals surface area contributed by atoms with Crippen LogP contribution in [0.15, 0.2) is 29.1 Å². The molecule has 0 atom stereocenters. The SMILES string of the molecule is Cc1cc(N(C)Cc2ccsc2)c(CNC(C)C)cn1. The van der Waals surface area contributed by atoms with E-state index in [1.807, 2.05) is 13.1 Å². The molecule has 0 spiro atoms. The molecule has 0 amide bonds. The number of thiophene rings is 1. The zero-order chi connectivity index (χ0) is 14.5. The van der Waals surface area contributed by atoms with Crippen molar-refractivity contribution >= 4 is 17.0 Å². The predicted molar refractivity (Wildman–Crippen MR) is 87.4 cm³/mol. The first-order valence-corrected chi connectivity index (χ1v) is 7.91. The highest BCUT2D eigenvalue weighted by molar-refractivity contribution is 7.07. The summed E-state index contributed by atoms with van der Waals surface area (Å²) in [7, 11) is 2.14. The van der Waals surface area contributed by atoms with Gasteiger partial charge in [-0.25, -0.2) is 0 Å². The second kappa shape index (κ2) is 6.86. The molecule has 2 aromatic rings. The Morgan fingerprint density at radius 2 is 2.20 bits per heavy atom. The summed E-state index contributed by atoms with van der Waals surface area (Å²) in [5.74, 6) is 0. The Hall–Kier alpha value is -1.39. The molecule has 0 unspecified atom stereocenters. The van der Waals surface area contributed by atoms with Crippen LogP contribution in [0, 0.1) is 6.92 Å². The molecule has 1 N–H and O–H groups in total. The summed E-state index contributed by atoms with van der Waals surface area (Å²) < 4.78 is 0. The number of nitrogens with one attached hydrogen (secondary N) is 1. The number of hydrogen-bond donors (Lipinski definition) is 1. The highest BCUT2D eigenvalue weighted by Gasteiger charge is 2.10. The number of rotatable bonds is 6. The summed E-state index contributed by atoms with van der Waals surface area (Å²) in [4.78, 5) is 6.73. The molecule has 0 aromatic carbocycles. The van der Waals surface area contributed by atoms with Crippen LogP contribution in [0.2, 0.25) is 0 Å². The van der Waals surface area contributed by atoms with Crippen LogP contribution in [0.4, 0.5) is 5.69 Å². The van der Waals surface area contributed by atoms with Gasteiger partial charge in [0.25, 0.3) is 0 Å². The van der Waals surface area contributed by atoms with E-state index in [4.69, 9.17) is 0 Å². The lowest BCUT2D eigenvalue weighted by atomic mass is 10.1. The number of aryl methyl sites for hydroxylation is 1. The second-order valence-corrected chi connectivity index (χ2v) is 6.26. The van der Waals surface area contributed by atoms with Crippen LogP contribution in [0.5, 0.6) is 0 Å². The van der Waals surface area contributed by atoms with E-state index >= 15 is 0 Å². The summed E-state index contributed by atoms with van der Waals surface area (Å²) in [5, 5.41) is 7.80. The molecule has 3 nitrogen and oxygen atoms in total. The third kappa shape index (κ3) is 4.05. The van der Waals surface area contributed by atoms with Gasteiger partial charge in [0.05, 0.1) is 0 Å². The number of pyridine rings is 1. The Morgan fingerprint density at radius 3 is 2.85 bits per heavy atom. The van der Waals surface area contributed by atoms with Crippen molar-refractivity contribution in [2.45, 2.75) is 39.9 Å². The minimum atomic E-state index is 0.478. The fraction of sp³-hybridized carbons (Fsp3) is 0.438. The second-order valence-electron chi connectivity index (χ2n) is 5.48. The molecule has 20 heavy (non-hydrogen) atoms. The summed E-state index contributed by atoms with van der Waals surface area (Å²) in [6, 6.07) is 4.83. The lowest BCUT2D eigenvalue weighted by Crippen LogP contribution is -2.25. The molecule has 0 saturated carbocycles. The van der Waals surface area contributed by atoms with Gasteiger partial charge in [0, 0.05) is 49.3 Å². The number of nitrogens with zero attached hydrogens (tertiary/aromatic N) is 2. The highest BCUT2D eigenvalue weighted by atomic mass is 32.1. The van der Waals surface area contributed by atoms with Gasteiger partial charge in [-0.3, -0.25) is 4.98 Å². The van der Waals surface area contributed by atoms with Crippen LogP contribution in [-0.4, -0.2) is 18.1 Å². The van der Waals surface area contributed by atoms with E-state index in [0.29, 0.717) is 6.04 Å². The molecule has 0 radical (unpaired) electrons. The Morgan fingerprint density at radius 1 is 1.40 bits per heavy atom. The molecule has 0 aliphatic heterocycles. The van der Waals surface area contributed by atoms with Gasteiger partial charge in [0.2, 0.25) is 0 Å². The van der Waals surface area contributed by atoms with Crippen LogP contribution in [0.25, 0.3) is 0 Å². The molecule has 0 fully saturated rings. The molecule has 0 aliphatic rings. The molecule has 4 heteroatoms. The van der Waals surface area contributed by atoms with Gasteiger partial charge in [-0.2, -0.15) is 11.3 Å². The van der Waals surface area contributed by atoms with Crippen molar-refractivity contribution in [3.8, 4) is 0 Å². The number of aromatic nitrogens is 1. The molecular formula is C16H23N3S. The molecule has 108 valence electrons. The molecule has 0 bridgehead atoms. The summed E-state index contributed by atoms with van der Waals surface area (Å²) >= 11 is 1.75. The third-order valence-electron chi connectivity index (χ3n) is 3.21. The lowest BCUT2D eigenvalue weighted by Gasteiger charge is -2.23. The zero-order valence-corrected chi connectivity index (χ0v) is 13.5. The topological polar surface area (TPSA) is 28.2 Å². The summed E-state index contributed by atoms with van der Waals surface area (Å²) in [6.45, 7) is 8.16. The standard InChI is InChI=1S/C16H23N3S/c1-12(2)17-8-15-9-18-13(3)7-16(15)19(4)10-14-5-6-20-11-14/h5-7,9,11-12,17H,8,10H2,1-4H3. The van der Waals surface area contributed by atoms with E-state index in [1.54, 1.807) is 11.3 Å². The quantitative estimate of drug-likeness (QED) is 0.881. The molecule has 2 rings (SSSR count). The van der Waals surface area contributed by atoms with Crippen LogP contribution in [-0.2, 0) is 13.1 Å². The van der Waals surface area contributed by atoms with Crippen LogP contribution < -0.4 is 10.2 Å². The van der Waals surface area contributed by atoms with Crippen molar-refractivity contribution in [3.05, 3.63) is 45.9 Å². The highest BCUT2D eigenvalue weighted by Crippen LogP contribution is 2.22. The van der Waals surface area contributed by atoms with Gasteiger partial charge in [-0.15, -0.1) is 0 Å². The largest absolute Gasteiger partial charge is 0.370 e. The Labute approximate surface area is 125 Å². The summed E-state index contributed by atoms with van der Waals surface area (Å²) in [6.07, 6.45) is 1.99. The normalized spacial score (nSPS) is 11.1. The van der Waals surface area contributed by atoms with Gasteiger partial charge in [-0.1, -0.05) is 13.8 Å². The van der Waals surface area contributed by atoms with Crippen LogP contribution in [0.1, 0.15) is 30.7 Å². The van der Waals surface area contributed by atoms with E-state index in [-0.39, 0.29) is 0 Å². The fourth-order valence-electron chi connectivity index (χ4n) is 2.12. The molecule has 2 aromatic heterocycles. The van der Waals surface area contributed by atoms with Crippen molar-refractivity contribution in [2.24, 2.45) is 0 Å². The minimum Gasteiger partial charge on any atom is -0.370 e. The van der Waals surface area contributed by atoms with E-state index in [2.05, 4.69) is 59.0 Å². The zero-order valence-electron chi connectivity index (χ0n) is 12.7. The van der Waals surface area contributed by atoms with Gasteiger partial charge in [0.1, 0.15) is 0 Å². The Bertz CT molecular complexity index is 535. The molecule has 0 saturated heterocycles. The maximum atomic E-state index is 4.43. The van der Waals surface area contributed by atoms with E-state index in [0.717, 1.165) is 18.8 Å². The van der Waals surface area contributed by atoms with Gasteiger partial charge in [-0.05, 0) is 35.4 Å². The average Bonchev–Trinajstić information content (AvgIpc) is 2.89. The van der Waals surface area contributed by atoms with Crippen molar-refractivity contribution in [2.75, 3.05) is 11.9 Å². The maximum Gasteiger partial charge on any atom is 0.0445 e. The van der Waals surface area contributed by atoms with Crippen LogP contribution in [0.3, 0.4) is 0 Å². The van der Waals surface area contributed by atoms with Gasteiger partial charge in [0.15, 0.2) is 0 Å². The number of hydrogen-bond acceptors (Lipinski definition) is 4. The molecule has 0 aliphatic carbocycles. The van der Waals surface area contributed by atoms with Crippen molar-refractivity contribution in [1.82, 2.24) is 10.3 Å². The van der Waals surface area contributed by atoms with E-state index < -0.39 is 0 Å². The fourth-order valence-corrected chi connectivity index (χ4v) is 2.78. The summed E-state index contributed by atoms with van der Waals surface area (Å²) in [5.41, 5.74) is 4.93. The van der Waals surface area contributed by atoms with Crippen molar-refractivity contribution in [3.63, 3.8) is 0 Å². The lowest BCUT2D eigenvalue weighted by molar-refractivity contribution is 0.587. The van der Waals surface area contributed by atoms with Crippen molar-refractivity contribution in [1.29, 1.82) is 0 Å². The first-order valence-electron chi connectivity index (χ1n) is 6.97. The van der Waals surface area contributed by atoms with Crippen LogP contribution >= 0.6 is 11.3 Å². The average molecular weight is 289 g/mol. The monoisotopic (exact) mass is 289 g/mol. The Balaban J connectivity index is 2.17. The molecule has 2 heterocycles. The van der Waals surface area contributed by atoms with Gasteiger partial charge < -0.3 is 10.2 Å². The minimum absolute atomic E-state index is 0.478. The molecular weight excluding hydrogens is 266 g/mol. The third-order valence-corrected chi connectivity index (χ3v) is 3.94. The first-order chi connectivity index (χ1) is 9.56. The van der Waals surface area contributed by atoms with E-state index in [1.165, 1.54) is 16.8 Å². The predicted octanol–water partition coefficient (Wildman–Crippen LogP) is 3.59. The Kier molecular flexibility index (Phi) is 5.15. The smallest absolute Gasteiger partial charge is 0.0445 e. The first kappa shape index (κ1) is 15.0.